The molecule has 1 aromatic heterocycles. The lowest BCUT2D eigenvalue weighted by Crippen LogP contribution is -2.26. The Morgan fingerprint density at radius 2 is 1.89 bits per heavy atom. The molecule has 6 nitrogen and oxygen atoms in total. The molecule has 0 saturated heterocycles. The molecule has 0 atom stereocenters. The average molecular weight is 399 g/mol. The molecule has 0 saturated carbocycles. The third-order valence-electron chi connectivity index (χ3n) is 4.13. The molecule has 0 aliphatic rings. The highest BCUT2D eigenvalue weighted by atomic mass is 35.5. The van der Waals surface area contributed by atoms with Gasteiger partial charge >= 0.3 is 0 Å². The molecular formula is C21H19ClN2O4. The van der Waals surface area contributed by atoms with Crippen molar-refractivity contribution in [1.82, 2.24) is 4.90 Å². The van der Waals surface area contributed by atoms with Gasteiger partial charge in [0.15, 0.2) is 5.76 Å². The van der Waals surface area contributed by atoms with Crippen LogP contribution in [0, 0.1) is 0 Å². The molecule has 0 radical (unpaired) electrons. The first-order valence-electron chi connectivity index (χ1n) is 8.50. The summed E-state index contributed by atoms with van der Waals surface area (Å²) in [7, 11) is 3.28. The Balaban J connectivity index is 1.67. The maximum absolute atomic E-state index is 12.7. The summed E-state index contributed by atoms with van der Waals surface area (Å²) in [4.78, 5) is 26.3. The number of amides is 2. The average Bonchev–Trinajstić information content (AvgIpc) is 3.23. The quantitative estimate of drug-likeness (QED) is 0.665. The number of methoxy groups -OCH3 is 1. The number of furan rings is 1. The first-order chi connectivity index (χ1) is 13.5. The predicted molar refractivity (Wildman–Crippen MR) is 107 cm³/mol. The Morgan fingerprint density at radius 3 is 2.54 bits per heavy atom. The molecule has 1 N–H and O–H groups in total. The van der Waals surface area contributed by atoms with Gasteiger partial charge in [-0.3, -0.25) is 9.59 Å². The second-order valence-corrected chi connectivity index (χ2v) is 6.56. The van der Waals surface area contributed by atoms with Gasteiger partial charge in [0, 0.05) is 35.4 Å². The summed E-state index contributed by atoms with van der Waals surface area (Å²) in [6, 6.07) is 15.2. The van der Waals surface area contributed by atoms with Gasteiger partial charge in [-0.05, 0) is 54.6 Å². The number of rotatable bonds is 6. The van der Waals surface area contributed by atoms with Crippen LogP contribution in [0.15, 0.2) is 65.3 Å². The molecule has 0 bridgehead atoms. The summed E-state index contributed by atoms with van der Waals surface area (Å²) in [5.74, 6) is 0.371. The van der Waals surface area contributed by atoms with Crippen molar-refractivity contribution in [2.45, 2.75) is 6.54 Å². The monoisotopic (exact) mass is 398 g/mol. The summed E-state index contributed by atoms with van der Waals surface area (Å²) in [5.41, 5.74) is 1.88. The molecular weight excluding hydrogens is 380 g/mol. The number of hydrogen-bond acceptors (Lipinski definition) is 4. The van der Waals surface area contributed by atoms with Crippen LogP contribution in [0.1, 0.15) is 26.5 Å². The molecule has 3 aromatic rings. The molecule has 0 unspecified atom stereocenters. The Bertz CT molecular complexity index is 969. The first kappa shape index (κ1) is 19.5. The zero-order valence-electron chi connectivity index (χ0n) is 15.4. The standard InChI is InChI=1S/C21H19ClN2O4/c1-24(13-15-12-16(22)7-10-18(15)27-2)21(26)14-5-8-17(9-6-14)23-20(25)19-4-3-11-28-19/h3-12H,13H2,1-2H3,(H,23,25). The number of nitrogens with one attached hydrogen (secondary N) is 1. The third kappa shape index (κ3) is 4.53. The van der Waals surface area contributed by atoms with Crippen molar-refractivity contribution < 1.29 is 18.7 Å². The maximum Gasteiger partial charge on any atom is 0.291 e. The number of ether oxygens (including phenoxy) is 1. The van der Waals surface area contributed by atoms with E-state index in [9.17, 15) is 9.59 Å². The van der Waals surface area contributed by atoms with Gasteiger partial charge in [0.2, 0.25) is 0 Å². The minimum absolute atomic E-state index is 0.161. The molecule has 2 aromatic carbocycles. The second-order valence-electron chi connectivity index (χ2n) is 6.13. The molecule has 1 heterocycles. The van der Waals surface area contributed by atoms with Crippen LogP contribution in [0.5, 0.6) is 5.75 Å². The zero-order valence-corrected chi connectivity index (χ0v) is 16.2. The van der Waals surface area contributed by atoms with E-state index in [0.717, 1.165) is 5.56 Å². The summed E-state index contributed by atoms with van der Waals surface area (Å²) < 4.78 is 10.4. The summed E-state index contributed by atoms with van der Waals surface area (Å²) in [5, 5.41) is 3.29. The van der Waals surface area contributed by atoms with Crippen LogP contribution in [0.3, 0.4) is 0 Å². The van der Waals surface area contributed by atoms with Gasteiger partial charge in [-0.25, -0.2) is 0 Å². The Labute approximate surface area is 167 Å². The SMILES string of the molecule is COc1ccc(Cl)cc1CN(C)C(=O)c1ccc(NC(=O)c2ccco2)cc1. The van der Waals surface area contributed by atoms with Crippen LogP contribution in [0.25, 0.3) is 0 Å². The molecule has 7 heteroatoms. The van der Waals surface area contributed by atoms with Crippen LogP contribution in [-0.4, -0.2) is 30.9 Å². The van der Waals surface area contributed by atoms with Crippen LogP contribution in [0.4, 0.5) is 5.69 Å². The number of halogens is 1. The fraction of sp³-hybridized carbons (Fsp3) is 0.143. The molecule has 0 aliphatic carbocycles. The van der Waals surface area contributed by atoms with E-state index in [2.05, 4.69) is 5.32 Å². The molecule has 0 spiro atoms. The van der Waals surface area contributed by atoms with Crippen molar-refractivity contribution >= 4 is 29.1 Å². The minimum atomic E-state index is -0.353. The van der Waals surface area contributed by atoms with E-state index in [0.29, 0.717) is 28.6 Å². The van der Waals surface area contributed by atoms with E-state index in [1.54, 1.807) is 73.7 Å². The van der Waals surface area contributed by atoms with Crippen molar-refractivity contribution in [2.24, 2.45) is 0 Å². The lowest BCUT2D eigenvalue weighted by molar-refractivity contribution is 0.0784. The fourth-order valence-electron chi connectivity index (χ4n) is 2.72. The Hall–Kier alpha value is -3.25. The molecule has 28 heavy (non-hydrogen) atoms. The number of benzene rings is 2. The topological polar surface area (TPSA) is 71.8 Å². The Kier molecular flexibility index (Phi) is 6.01. The van der Waals surface area contributed by atoms with Gasteiger partial charge in [-0.2, -0.15) is 0 Å². The highest BCUT2D eigenvalue weighted by molar-refractivity contribution is 6.30. The molecule has 3 rings (SSSR count). The van der Waals surface area contributed by atoms with Crippen molar-refractivity contribution in [3.63, 3.8) is 0 Å². The molecule has 0 aliphatic heterocycles. The van der Waals surface area contributed by atoms with E-state index in [1.807, 2.05) is 0 Å². The van der Waals surface area contributed by atoms with Gasteiger partial charge in [0.1, 0.15) is 5.75 Å². The number of nitrogens with zero attached hydrogens (tertiary/aromatic N) is 1. The lowest BCUT2D eigenvalue weighted by Gasteiger charge is -2.19. The predicted octanol–water partition coefficient (Wildman–Crippen LogP) is 4.47. The van der Waals surface area contributed by atoms with E-state index in [4.69, 9.17) is 20.8 Å². The Morgan fingerprint density at radius 1 is 1.14 bits per heavy atom. The highest BCUT2D eigenvalue weighted by Gasteiger charge is 2.15. The first-order valence-corrected chi connectivity index (χ1v) is 8.88. The minimum Gasteiger partial charge on any atom is -0.496 e. The van der Waals surface area contributed by atoms with Crippen molar-refractivity contribution in [3.05, 3.63) is 82.8 Å². The summed E-state index contributed by atoms with van der Waals surface area (Å²) in [6.45, 7) is 0.347. The second kappa shape index (κ2) is 8.63. The molecule has 0 fully saturated rings. The normalized spacial score (nSPS) is 10.4. The zero-order chi connectivity index (χ0) is 20.1. The molecule has 2 amide bonds. The van der Waals surface area contributed by atoms with Gasteiger partial charge in [-0.15, -0.1) is 0 Å². The van der Waals surface area contributed by atoms with Crippen LogP contribution in [-0.2, 0) is 6.54 Å². The van der Waals surface area contributed by atoms with Crippen LogP contribution in [0.2, 0.25) is 5.02 Å². The van der Waals surface area contributed by atoms with Crippen LogP contribution >= 0.6 is 11.6 Å². The summed E-state index contributed by atoms with van der Waals surface area (Å²) >= 11 is 6.05. The van der Waals surface area contributed by atoms with Gasteiger partial charge in [0.05, 0.1) is 13.4 Å². The van der Waals surface area contributed by atoms with Crippen molar-refractivity contribution in [1.29, 1.82) is 0 Å². The third-order valence-corrected chi connectivity index (χ3v) is 4.37. The number of hydrogen-bond donors (Lipinski definition) is 1. The highest BCUT2D eigenvalue weighted by Crippen LogP contribution is 2.24. The summed E-state index contributed by atoms with van der Waals surface area (Å²) in [6.07, 6.45) is 1.43. The van der Waals surface area contributed by atoms with E-state index in [-0.39, 0.29) is 17.6 Å². The van der Waals surface area contributed by atoms with Crippen molar-refractivity contribution in [3.8, 4) is 5.75 Å². The van der Waals surface area contributed by atoms with Gasteiger partial charge < -0.3 is 19.4 Å². The van der Waals surface area contributed by atoms with Gasteiger partial charge in [0.25, 0.3) is 11.8 Å². The largest absolute Gasteiger partial charge is 0.496 e. The van der Waals surface area contributed by atoms with E-state index in [1.165, 1.54) is 6.26 Å². The molecule has 144 valence electrons. The van der Waals surface area contributed by atoms with Crippen LogP contribution < -0.4 is 10.1 Å². The maximum atomic E-state index is 12.7. The van der Waals surface area contributed by atoms with E-state index >= 15 is 0 Å². The smallest absolute Gasteiger partial charge is 0.291 e. The number of carbonyl (C=O) groups excluding carboxylic acids is 2. The number of carbonyl (C=O) groups is 2. The van der Waals surface area contributed by atoms with Gasteiger partial charge in [-0.1, -0.05) is 11.6 Å². The fourth-order valence-corrected chi connectivity index (χ4v) is 2.91. The van der Waals surface area contributed by atoms with Crippen molar-refractivity contribution in [2.75, 3.05) is 19.5 Å². The van der Waals surface area contributed by atoms with E-state index < -0.39 is 0 Å². The number of anilines is 1. The lowest BCUT2D eigenvalue weighted by atomic mass is 10.1.